The fraction of sp³-hybridized carbons (Fsp3) is 0.771. The van der Waals surface area contributed by atoms with Crippen molar-refractivity contribution in [3.63, 3.8) is 0 Å². The van der Waals surface area contributed by atoms with E-state index in [0.717, 1.165) is 65.3 Å². The van der Waals surface area contributed by atoms with E-state index in [1.54, 1.807) is 0 Å². The van der Waals surface area contributed by atoms with Crippen LogP contribution in [0.4, 0.5) is 19.0 Å². The highest BCUT2D eigenvalue weighted by Gasteiger charge is 2.38. The Hall–Kier alpha value is -3.09. The Kier molecular flexibility index (Phi) is 17.3. The molecule has 3 rings (SSSR count). The number of allylic oxidation sites excluding steroid dienone is 2. The maximum atomic E-state index is 12.9. The van der Waals surface area contributed by atoms with Crippen LogP contribution in [0.1, 0.15) is 123 Å². The Morgan fingerprint density at radius 1 is 0.875 bits per heavy atom. The fourth-order valence-corrected chi connectivity index (χ4v) is 6.02. The molecule has 0 spiro atoms. The average molecular weight is 682 g/mol. The molecule has 0 radical (unpaired) electrons. The van der Waals surface area contributed by atoms with E-state index in [2.05, 4.69) is 38.9 Å². The molecule has 3 N–H and O–H groups in total. The zero-order valence-corrected chi connectivity index (χ0v) is 29.2. The summed E-state index contributed by atoms with van der Waals surface area (Å²) in [5.74, 6) is 0.118. The van der Waals surface area contributed by atoms with Gasteiger partial charge in [0.15, 0.2) is 17.6 Å². The number of hydrogen-bond acceptors (Lipinski definition) is 7. The summed E-state index contributed by atoms with van der Waals surface area (Å²) in [5, 5.41) is 0. The third-order valence-electron chi connectivity index (χ3n) is 9.11. The lowest BCUT2D eigenvalue weighted by molar-refractivity contribution is -0.190. The van der Waals surface area contributed by atoms with E-state index >= 15 is 0 Å². The Balaban J connectivity index is 1.23. The van der Waals surface area contributed by atoms with Gasteiger partial charge >= 0.3 is 17.9 Å². The molecule has 13 heteroatoms. The quantitative estimate of drug-likeness (QED) is 0.0927. The first kappa shape index (κ1) is 39.3. The number of nitrogens with one attached hydrogen (secondary N) is 1. The molecule has 1 fully saturated rings. The van der Waals surface area contributed by atoms with Gasteiger partial charge in [-0.1, -0.05) is 76.9 Å². The van der Waals surface area contributed by atoms with Crippen LogP contribution < -0.4 is 16.2 Å². The van der Waals surface area contributed by atoms with Crippen molar-refractivity contribution >= 4 is 22.9 Å². The molecule has 272 valence electrons. The Labute approximate surface area is 283 Å². The normalized spacial score (nSPS) is 15.1. The van der Waals surface area contributed by atoms with E-state index in [4.69, 9.17) is 10.5 Å². The predicted octanol–water partition coefficient (Wildman–Crippen LogP) is 7.38. The SMILES string of the molecule is CCCCCCCC/C=C\CCCCCCCC(=O)N1CCN(CCCCCn2c(=O)[nH]c3c(N)nc(OC(C)C(F)(F)F)nc32)CC1. The largest absolute Gasteiger partial charge is 0.451 e. The van der Waals surface area contributed by atoms with Crippen molar-refractivity contribution < 1.29 is 22.7 Å². The number of aromatic nitrogens is 4. The van der Waals surface area contributed by atoms with Crippen molar-refractivity contribution in [3.8, 4) is 6.01 Å². The molecule has 0 aromatic carbocycles. The third-order valence-corrected chi connectivity index (χ3v) is 9.11. The number of amides is 1. The average Bonchev–Trinajstić information content (AvgIpc) is 3.37. The summed E-state index contributed by atoms with van der Waals surface area (Å²) in [6.45, 7) is 7.58. The molecule has 2 aromatic heterocycles. The van der Waals surface area contributed by atoms with Gasteiger partial charge in [0, 0.05) is 39.1 Å². The number of rotatable bonds is 23. The number of H-pyrrole nitrogens is 1. The highest BCUT2D eigenvalue weighted by molar-refractivity contribution is 5.81. The molecule has 0 aliphatic carbocycles. The first-order chi connectivity index (χ1) is 23.1. The maximum absolute atomic E-state index is 12.9. The first-order valence-corrected chi connectivity index (χ1v) is 18.2. The van der Waals surface area contributed by atoms with E-state index in [1.165, 1.54) is 75.2 Å². The standard InChI is InChI=1S/C35H58F3N7O3/c1-3-4-5-6-7-8-9-10-11-12-13-14-15-16-18-21-29(46)44-26-24-43(25-27-44)22-19-17-20-23-45-32-30(40-34(45)47)31(39)41-33(42-32)48-28(2)35(36,37)38/h10-11,28H,3-9,12-27H2,1-2H3,(H,40,47)(H2,39,41,42)/b11-10-. The second-order valence-electron chi connectivity index (χ2n) is 13.1. The minimum atomic E-state index is -4.59. The van der Waals surface area contributed by atoms with Gasteiger partial charge in [-0.2, -0.15) is 23.1 Å². The highest BCUT2D eigenvalue weighted by Crippen LogP contribution is 2.25. The number of carbonyl (C=O) groups is 1. The number of aryl methyl sites for hydroxylation is 1. The number of carbonyl (C=O) groups excluding carboxylic acids is 1. The molecule has 10 nitrogen and oxygen atoms in total. The lowest BCUT2D eigenvalue weighted by Gasteiger charge is -2.34. The Bertz CT molecular complexity index is 1300. The van der Waals surface area contributed by atoms with Crippen molar-refractivity contribution in [1.29, 1.82) is 0 Å². The van der Waals surface area contributed by atoms with E-state index in [-0.39, 0.29) is 22.9 Å². The van der Waals surface area contributed by atoms with Crippen LogP contribution >= 0.6 is 0 Å². The van der Waals surface area contributed by atoms with Crippen LogP contribution in [-0.2, 0) is 11.3 Å². The number of anilines is 1. The summed E-state index contributed by atoms with van der Waals surface area (Å²) in [6.07, 6.45) is 17.3. The number of hydrogen-bond donors (Lipinski definition) is 2. The number of imidazole rings is 1. The Morgan fingerprint density at radius 3 is 2.10 bits per heavy atom. The lowest BCUT2D eigenvalue weighted by atomic mass is 10.1. The zero-order chi connectivity index (χ0) is 34.8. The molecule has 1 saturated heterocycles. The smallest absolute Gasteiger partial charge is 0.425 e. The Morgan fingerprint density at radius 2 is 1.46 bits per heavy atom. The molecular formula is C35H58F3N7O3. The number of halogens is 3. The maximum Gasteiger partial charge on any atom is 0.425 e. The number of ether oxygens (including phenoxy) is 1. The summed E-state index contributed by atoms with van der Waals surface area (Å²) in [4.78, 5) is 39.9. The highest BCUT2D eigenvalue weighted by atomic mass is 19.4. The summed E-state index contributed by atoms with van der Waals surface area (Å²) in [6, 6.07) is -0.525. The molecular weight excluding hydrogens is 623 g/mol. The molecule has 48 heavy (non-hydrogen) atoms. The van der Waals surface area contributed by atoms with Gasteiger partial charge in [0.05, 0.1) is 0 Å². The molecule has 2 aromatic rings. The fourth-order valence-electron chi connectivity index (χ4n) is 6.02. The minimum absolute atomic E-state index is 0.124. The van der Waals surface area contributed by atoms with E-state index in [1.807, 2.05) is 4.90 Å². The molecule has 1 atom stereocenters. The second-order valence-corrected chi connectivity index (χ2v) is 13.1. The van der Waals surface area contributed by atoms with Gasteiger partial charge in [0.25, 0.3) is 0 Å². The van der Waals surface area contributed by atoms with Crippen LogP contribution in [0, 0.1) is 0 Å². The molecule has 1 aliphatic rings. The third kappa shape index (κ3) is 13.8. The number of alkyl halides is 3. The summed E-state index contributed by atoms with van der Waals surface area (Å²) in [7, 11) is 0. The molecule has 0 bridgehead atoms. The molecule has 1 amide bonds. The molecule has 0 saturated carbocycles. The number of nitrogens with zero attached hydrogens (tertiary/aromatic N) is 5. The van der Waals surface area contributed by atoms with Gasteiger partial charge in [-0.15, -0.1) is 0 Å². The number of piperazine rings is 1. The van der Waals surface area contributed by atoms with E-state index in [9.17, 15) is 22.8 Å². The molecule has 1 unspecified atom stereocenters. The monoisotopic (exact) mass is 681 g/mol. The number of nitrogen functional groups attached to an aromatic ring is 1. The van der Waals surface area contributed by atoms with Crippen molar-refractivity contribution in [2.24, 2.45) is 0 Å². The minimum Gasteiger partial charge on any atom is -0.451 e. The number of fused-ring (bicyclic) bond motifs is 1. The van der Waals surface area contributed by atoms with Gasteiger partial charge in [-0.05, 0) is 58.4 Å². The van der Waals surface area contributed by atoms with Crippen molar-refractivity contribution in [2.45, 2.75) is 142 Å². The predicted molar refractivity (Wildman–Crippen MR) is 185 cm³/mol. The van der Waals surface area contributed by atoms with Crippen LogP contribution in [0.15, 0.2) is 16.9 Å². The van der Waals surface area contributed by atoms with Gasteiger partial charge in [0.2, 0.25) is 5.91 Å². The topological polar surface area (TPSA) is 122 Å². The summed E-state index contributed by atoms with van der Waals surface area (Å²) < 4.78 is 44.9. The van der Waals surface area contributed by atoms with Crippen molar-refractivity contribution in [2.75, 3.05) is 38.5 Å². The van der Waals surface area contributed by atoms with E-state index in [0.29, 0.717) is 19.4 Å². The van der Waals surface area contributed by atoms with Crippen LogP contribution in [0.3, 0.4) is 0 Å². The van der Waals surface area contributed by atoms with Gasteiger partial charge < -0.3 is 20.4 Å². The second kappa shape index (κ2) is 21.1. The number of aromatic amines is 1. The zero-order valence-electron chi connectivity index (χ0n) is 29.2. The van der Waals surface area contributed by atoms with Crippen LogP contribution in [0.25, 0.3) is 11.2 Å². The van der Waals surface area contributed by atoms with Gasteiger partial charge in [-0.3, -0.25) is 14.3 Å². The number of nitrogens with two attached hydrogens (primary N) is 1. The summed E-state index contributed by atoms with van der Waals surface area (Å²) in [5.41, 5.74) is 5.71. The van der Waals surface area contributed by atoms with E-state index < -0.39 is 24.0 Å². The molecule has 1 aliphatic heterocycles. The first-order valence-electron chi connectivity index (χ1n) is 18.2. The van der Waals surface area contributed by atoms with Crippen molar-refractivity contribution in [1.82, 2.24) is 29.3 Å². The van der Waals surface area contributed by atoms with Crippen LogP contribution in [0.5, 0.6) is 6.01 Å². The summed E-state index contributed by atoms with van der Waals surface area (Å²) >= 11 is 0. The van der Waals surface area contributed by atoms with Crippen LogP contribution in [-0.4, -0.2) is 80.2 Å². The van der Waals surface area contributed by atoms with Crippen LogP contribution in [0.2, 0.25) is 0 Å². The van der Waals surface area contributed by atoms with Gasteiger partial charge in [-0.25, -0.2) is 4.79 Å². The lowest BCUT2D eigenvalue weighted by Crippen LogP contribution is -2.48. The molecule has 3 heterocycles. The van der Waals surface area contributed by atoms with Gasteiger partial charge in [0.1, 0.15) is 5.52 Å². The van der Waals surface area contributed by atoms with Crippen molar-refractivity contribution in [3.05, 3.63) is 22.6 Å². The number of unbranched alkanes of at least 4 members (excludes halogenated alkanes) is 13.